The van der Waals surface area contributed by atoms with Crippen LogP contribution in [0.2, 0.25) is 0 Å². The van der Waals surface area contributed by atoms with Crippen molar-refractivity contribution in [2.45, 2.75) is 6.10 Å². The lowest BCUT2D eigenvalue weighted by molar-refractivity contribution is -0.0401. The molecule has 1 aliphatic rings. The van der Waals surface area contributed by atoms with Crippen molar-refractivity contribution >= 4 is 16.9 Å². The van der Waals surface area contributed by atoms with E-state index in [-0.39, 0.29) is 11.9 Å². The van der Waals surface area contributed by atoms with E-state index in [0.29, 0.717) is 29.9 Å². The second-order valence-corrected chi connectivity index (χ2v) is 5.15. The van der Waals surface area contributed by atoms with E-state index < -0.39 is 5.97 Å². The molecule has 6 heteroatoms. The zero-order valence-corrected chi connectivity index (χ0v) is 11.7. The smallest absolute Gasteiger partial charge is 0.371 e. The van der Waals surface area contributed by atoms with E-state index >= 15 is 0 Å². The molecule has 6 nitrogen and oxygen atoms in total. The fourth-order valence-electron chi connectivity index (χ4n) is 2.42. The maximum atomic E-state index is 11.0. The van der Waals surface area contributed by atoms with Crippen molar-refractivity contribution < 1.29 is 23.8 Å². The molecule has 21 heavy (non-hydrogen) atoms. The highest BCUT2D eigenvalue weighted by Gasteiger charge is 2.19. The molecule has 0 saturated carbocycles. The van der Waals surface area contributed by atoms with Crippen LogP contribution in [0.1, 0.15) is 10.6 Å². The summed E-state index contributed by atoms with van der Waals surface area (Å²) in [5, 5.41) is 9.65. The van der Waals surface area contributed by atoms with Gasteiger partial charge in [0.05, 0.1) is 12.0 Å². The zero-order chi connectivity index (χ0) is 14.8. The summed E-state index contributed by atoms with van der Waals surface area (Å²) >= 11 is 0. The van der Waals surface area contributed by atoms with Gasteiger partial charge in [-0.25, -0.2) is 4.79 Å². The Hall–Kier alpha value is -2.05. The summed E-state index contributed by atoms with van der Waals surface area (Å²) in [6, 6.07) is 6.79. The van der Waals surface area contributed by atoms with Crippen molar-refractivity contribution in [3.8, 4) is 5.75 Å². The van der Waals surface area contributed by atoms with Gasteiger partial charge in [-0.15, -0.1) is 0 Å². The van der Waals surface area contributed by atoms with Gasteiger partial charge in [0.1, 0.15) is 24.0 Å². The number of morpholine rings is 1. The number of carboxylic acid groups (broad SMARTS) is 1. The number of hydrogen-bond donors (Lipinski definition) is 1. The Morgan fingerprint density at radius 1 is 1.52 bits per heavy atom. The van der Waals surface area contributed by atoms with Crippen molar-refractivity contribution in [3.05, 3.63) is 30.0 Å². The number of hydrogen-bond acceptors (Lipinski definition) is 5. The molecule has 2 aromatic rings. The van der Waals surface area contributed by atoms with Crippen molar-refractivity contribution in [3.63, 3.8) is 0 Å². The summed E-state index contributed by atoms with van der Waals surface area (Å²) in [5.74, 6) is -0.565. The van der Waals surface area contributed by atoms with Gasteiger partial charge < -0.3 is 23.9 Å². The standard InChI is InChI=1S/C15H17NO5/c1-16-5-6-19-10(8-16)9-20-12-3-2-4-13-11(12)7-14(21-13)15(17)18/h2-4,7,10H,5-6,8-9H2,1H3,(H,17,18). The Balaban J connectivity index is 1.75. The molecule has 1 unspecified atom stereocenters. The number of carboxylic acids is 1. The molecule has 1 fully saturated rings. The maximum absolute atomic E-state index is 11.0. The van der Waals surface area contributed by atoms with E-state index in [9.17, 15) is 4.79 Å². The summed E-state index contributed by atoms with van der Waals surface area (Å²) in [7, 11) is 2.05. The summed E-state index contributed by atoms with van der Waals surface area (Å²) in [4.78, 5) is 13.2. The number of rotatable bonds is 4. The number of furan rings is 1. The van der Waals surface area contributed by atoms with Crippen LogP contribution in [0.3, 0.4) is 0 Å². The minimum Gasteiger partial charge on any atom is -0.490 e. The van der Waals surface area contributed by atoms with Crippen LogP contribution >= 0.6 is 0 Å². The Morgan fingerprint density at radius 3 is 3.14 bits per heavy atom. The maximum Gasteiger partial charge on any atom is 0.371 e. The van der Waals surface area contributed by atoms with Crippen LogP contribution in [0.15, 0.2) is 28.7 Å². The molecule has 0 aliphatic carbocycles. The molecular weight excluding hydrogens is 274 g/mol. The van der Waals surface area contributed by atoms with E-state index in [4.69, 9.17) is 19.0 Å². The molecule has 2 heterocycles. The molecule has 0 radical (unpaired) electrons. The number of benzene rings is 1. The number of fused-ring (bicyclic) bond motifs is 1. The number of nitrogens with zero attached hydrogens (tertiary/aromatic N) is 1. The van der Waals surface area contributed by atoms with Crippen LogP contribution < -0.4 is 4.74 Å². The Morgan fingerprint density at radius 2 is 2.38 bits per heavy atom. The van der Waals surface area contributed by atoms with Gasteiger partial charge in [0.15, 0.2) is 0 Å². The minimum atomic E-state index is -1.09. The first-order valence-electron chi connectivity index (χ1n) is 6.82. The van der Waals surface area contributed by atoms with E-state index in [1.807, 2.05) is 7.05 Å². The van der Waals surface area contributed by atoms with E-state index in [0.717, 1.165) is 13.1 Å². The van der Waals surface area contributed by atoms with Crippen LogP contribution in [0, 0.1) is 0 Å². The SMILES string of the molecule is CN1CCOC(COc2cccc3oc(C(=O)O)cc23)C1. The van der Waals surface area contributed by atoms with Gasteiger partial charge in [-0.2, -0.15) is 0 Å². The lowest BCUT2D eigenvalue weighted by atomic mass is 10.2. The van der Waals surface area contributed by atoms with Gasteiger partial charge in [0.2, 0.25) is 5.76 Å². The van der Waals surface area contributed by atoms with Crippen molar-refractivity contribution in [1.82, 2.24) is 4.90 Å². The van der Waals surface area contributed by atoms with Gasteiger partial charge >= 0.3 is 5.97 Å². The van der Waals surface area contributed by atoms with Gasteiger partial charge in [-0.05, 0) is 19.2 Å². The molecule has 1 saturated heterocycles. The van der Waals surface area contributed by atoms with Gasteiger partial charge in [-0.1, -0.05) is 6.07 Å². The van der Waals surface area contributed by atoms with Crippen LogP contribution in [0.5, 0.6) is 5.75 Å². The van der Waals surface area contributed by atoms with Crippen molar-refractivity contribution in [1.29, 1.82) is 0 Å². The molecule has 0 spiro atoms. The van der Waals surface area contributed by atoms with Crippen LogP contribution in [0.25, 0.3) is 11.0 Å². The molecule has 0 amide bonds. The highest BCUT2D eigenvalue weighted by atomic mass is 16.5. The minimum absolute atomic E-state index is 0.0184. The predicted octanol–water partition coefficient (Wildman–Crippen LogP) is 1.84. The second-order valence-electron chi connectivity index (χ2n) is 5.15. The molecule has 1 aliphatic heterocycles. The molecule has 112 valence electrons. The molecule has 1 N–H and O–H groups in total. The highest BCUT2D eigenvalue weighted by Crippen LogP contribution is 2.29. The molecule has 1 atom stereocenters. The Labute approximate surface area is 121 Å². The Kier molecular flexibility index (Phi) is 3.81. The highest BCUT2D eigenvalue weighted by molar-refractivity contribution is 5.93. The molecule has 0 bridgehead atoms. The monoisotopic (exact) mass is 291 g/mol. The average Bonchev–Trinajstić information content (AvgIpc) is 2.90. The topological polar surface area (TPSA) is 72.1 Å². The van der Waals surface area contributed by atoms with Gasteiger partial charge in [0, 0.05) is 19.2 Å². The van der Waals surface area contributed by atoms with Crippen LogP contribution in [-0.2, 0) is 4.74 Å². The lowest BCUT2D eigenvalue weighted by Gasteiger charge is -2.29. The van der Waals surface area contributed by atoms with E-state index in [1.165, 1.54) is 6.07 Å². The Bertz CT molecular complexity index is 651. The lowest BCUT2D eigenvalue weighted by Crippen LogP contribution is -2.42. The third-order valence-electron chi connectivity index (χ3n) is 3.50. The summed E-state index contributed by atoms with van der Waals surface area (Å²) in [5.41, 5.74) is 0.506. The number of likely N-dealkylation sites (N-methyl/N-ethyl adjacent to an activating group) is 1. The van der Waals surface area contributed by atoms with Crippen molar-refractivity contribution in [2.75, 3.05) is 33.4 Å². The molecule has 1 aromatic carbocycles. The van der Waals surface area contributed by atoms with Crippen LogP contribution in [-0.4, -0.2) is 55.4 Å². The average molecular weight is 291 g/mol. The third kappa shape index (κ3) is 3.01. The zero-order valence-electron chi connectivity index (χ0n) is 11.7. The fourth-order valence-corrected chi connectivity index (χ4v) is 2.42. The number of ether oxygens (including phenoxy) is 2. The number of aromatic carboxylic acids is 1. The summed E-state index contributed by atoms with van der Waals surface area (Å²) < 4.78 is 16.7. The van der Waals surface area contributed by atoms with E-state index in [1.54, 1.807) is 18.2 Å². The normalized spacial score (nSPS) is 19.8. The number of carbonyl (C=O) groups is 1. The molecule has 1 aromatic heterocycles. The predicted molar refractivity (Wildman–Crippen MR) is 75.9 cm³/mol. The quantitative estimate of drug-likeness (QED) is 0.926. The summed E-state index contributed by atoms with van der Waals surface area (Å²) in [6.07, 6.45) is 0.0184. The fraction of sp³-hybridized carbons (Fsp3) is 0.400. The third-order valence-corrected chi connectivity index (χ3v) is 3.50. The molecule has 3 rings (SSSR count). The molecular formula is C15H17NO5. The van der Waals surface area contributed by atoms with Gasteiger partial charge in [-0.3, -0.25) is 0 Å². The van der Waals surface area contributed by atoms with Crippen LogP contribution in [0.4, 0.5) is 0 Å². The first kappa shape index (κ1) is 13.9. The van der Waals surface area contributed by atoms with E-state index in [2.05, 4.69) is 4.90 Å². The summed E-state index contributed by atoms with van der Waals surface area (Å²) in [6.45, 7) is 2.87. The second kappa shape index (κ2) is 5.75. The largest absolute Gasteiger partial charge is 0.490 e. The first-order chi connectivity index (χ1) is 10.1. The van der Waals surface area contributed by atoms with Crippen molar-refractivity contribution in [2.24, 2.45) is 0 Å². The first-order valence-corrected chi connectivity index (χ1v) is 6.82. The van der Waals surface area contributed by atoms with Gasteiger partial charge in [0.25, 0.3) is 0 Å².